The summed E-state index contributed by atoms with van der Waals surface area (Å²) in [5.74, 6) is 0.105. The van der Waals surface area contributed by atoms with E-state index in [9.17, 15) is 4.79 Å². The third-order valence-electron chi connectivity index (χ3n) is 4.07. The maximum absolute atomic E-state index is 12.7. The van der Waals surface area contributed by atoms with Crippen LogP contribution < -0.4 is 5.32 Å². The van der Waals surface area contributed by atoms with Crippen molar-refractivity contribution in [3.63, 3.8) is 0 Å². The lowest BCUT2D eigenvalue weighted by Gasteiger charge is -2.23. The summed E-state index contributed by atoms with van der Waals surface area (Å²) in [4.78, 5) is 16.9. The van der Waals surface area contributed by atoms with Gasteiger partial charge in [-0.15, -0.1) is 0 Å². The van der Waals surface area contributed by atoms with Crippen LogP contribution in [0.5, 0.6) is 0 Å². The molecule has 1 fully saturated rings. The Labute approximate surface area is 128 Å². The second-order valence-corrected chi connectivity index (χ2v) is 5.85. The van der Waals surface area contributed by atoms with Gasteiger partial charge in [-0.3, -0.25) is 4.79 Å². The van der Waals surface area contributed by atoms with Crippen LogP contribution in [0.15, 0.2) is 18.2 Å². The summed E-state index contributed by atoms with van der Waals surface area (Å²) in [6.07, 6.45) is 2.58. The van der Waals surface area contributed by atoms with Crippen molar-refractivity contribution in [3.05, 3.63) is 29.3 Å². The first-order valence-corrected chi connectivity index (χ1v) is 7.94. The smallest absolute Gasteiger partial charge is 0.255 e. The molecule has 1 N–H and O–H groups in total. The molecule has 1 aromatic carbocycles. The zero-order valence-corrected chi connectivity index (χ0v) is 13.5. The lowest BCUT2D eigenvalue weighted by molar-refractivity contribution is 0.0783. The van der Waals surface area contributed by atoms with Crippen LogP contribution in [0.1, 0.15) is 35.7 Å². The van der Waals surface area contributed by atoms with Crippen LogP contribution >= 0.6 is 0 Å². The van der Waals surface area contributed by atoms with Crippen molar-refractivity contribution in [1.29, 1.82) is 0 Å². The minimum atomic E-state index is 0.105. The average molecular weight is 289 g/mol. The van der Waals surface area contributed by atoms with Crippen molar-refractivity contribution in [2.45, 2.75) is 26.7 Å². The van der Waals surface area contributed by atoms with Crippen molar-refractivity contribution in [3.8, 4) is 0 Å². The maximum Gasteiger partial charge on any atom is 0.255 e. The molecule has 2 rings (SSSR count). The summed E-state index contributed by atoms with van der Waals surface area (Å²) >= 11 is 0. The van der Waals surface area contributed by atoms with Crippen molar-refractivity contribution >= 4 is 11.6 Å². The van der Waals surface area contributed by atoms with E-state index in [0.717, 1.165) is 36.4 Å². The van der Waals surface area contributed by atoms with Crippen molar-refractivity contribution < 1.29 is 4.79 Å². The largest absolute Gasteiger partial charge is 0.385 e. The second kappa shape index (κ2) is 7.46. The van der Waals surface area contributed by atoms with E-state index in [0.29, 0.717) is 0 Å². The third-order valence-corrected chi connectivity index (χ3v) is 4.07. The quantitative estimate of drug-likeness (QED) is 0.874. The summed E-state index contributed by atoms with van der Waals surface area (Å²) in [7, 11) is 1.90. The van der Waals surface area contributed by atoms with Gasteiger partial charge in [0.25, 0.3) is 5.91 Å². The monoisotopic (exact) mass is 289 g/mol. The maximum atomic E-state index is 12.7. The van der Waals surface area contributed by atoms with Crippen LogP contribution in [0, 0.1) is 6.92 Å². The van der Waals surface area contributed by atoms with Gasteiger partial charge in [0.2, 0.25) is 0 Å². The van der Waals surface area contributed by atoms with Gasteiger partial charge in [-0.25, -0.2) is 0 Å². The summed E-state index contributed by atoms with van der Waals surface area (Å²) < 4.78 is 0. The molecule has 0 aliphatic carbocycles. The first-order chi connectivity index (χ1) is 10.1. The highest BCUT2D eigenvalue weighted by molar-refractivity contribution is 5.99. The van der Waals surface area contributed by atoms with E-state index in [-0.39, 0.29) is 5.91 Å². The highest BCUT2D eigenvalue weighted by Gasteiger charge is 2.18. The first kappa shape index (κ1) is 15.8. The van der Waals surface area contributed by atoms with Gasteiger partial charge >= 0.3 is 0 Å². The molecule has 0 saturated carbocycles. The molecule has 4 heteroatoms. The van der Waals surface area contributed by atoms with Crippen molar-refractivity contribution in [2.75, 3.05) is 45.1 Å². The average Bonchev–Trinajstić information content (AvgIpc) is 2.99. The Morgan fingerprint density at radius 2 is 2.05 bits per heavy atom. The lowest BCUT2D eigenvalue weighted by Crippen LogP contribution is -2.35. The van der Waals surface area contributed by atoms with E-state index in [1.54, 1.807) is 0 Å². The molecule has 1 aromatic rings. The van der Waals surface area contributed by atoms with Gasteiger partial charge in [-0.05, 0) is 51.9 Å². The number of nitrogens with zero attached hydrogens (tertiary/aromatic N) is 2. The number of carbonyl (C=O) groups excluding carboxylic acids is 1. The van der Waals surface area contributed by atoms with E-state index >= 15 is 0 Å². The number of hydrogen-bond acceptors (Lipinski definition) is 3. The predicted octanol–water partition coefficient (Wildman–Crippen LogP) is 2.59. The van der Waals surface area contributed by atoms with E-state index in [1.165, 1.54) is 25.9 Å². The molecule has 1 heterocycles. The van der Waals surface area contributed by atoms with Gasteiger partial charge in [0.05, 0.1) is 5.56 Å². The van der Waals surface area contributed by atoms with E-state index in [1.807, 2.05) is 44.0 Å². The normalized spacial score (nSPS) is 15.2. The molecule has 4 nitrogen and oxygen atoms in total. The molecule has 21 heavy (non-hydrogen) atoms. The number of hydrogen-bond donors (Lipinski definition) is 1. The lowest BCUT2D eigenvalue weighted by atomic mass is 10.1. The van der Waals surface area contributed by atoms with E-state index in [4.69, 9.17) is 0 Å². The first-order valence-electron chi connectivity index (χ1n) is 7.94. The van der Waals surface area contributed by atoms with Crippen LogP contribution in [0.4, 0.5) is 5.69 Å². The number of nitrogens with one attached hydrogen (secondary N) is 1. The summed E-state index contributed by atoms with van der Waals surface area (Å²) in [6, 6.07) is 6.02. The number of aryl methyl sites for hydroxylation is 1. The minimum Gasteiger partial charge on any atom is -0.385 e. The molecule has 0 atom stereocenters. The van der Waals surface area contributed by atoms with Crippen molar-refractivity contribution in [1.82, 2.24) is 9.80 Å². The third kappa shape index (κ3) is 4.21. The Hall–Kier alpha value is -1.55. The number of rotatable bonds is 6. The molecule has 0 radical (unpaired) electrons. The summed E-state index contributed by atoms with van der Waals surface area (Å²) in [6.45, 7) is 9.01. The van der Waals surface area contributed by atoms with Crippen LogP contribution in [-0.2, 0) is 0 Å². The molecule has 1 amide bonds. The summed E-state index contributed by atoms with van der Waals surface area (Å²) in [5.41, 5.74) is 2.83. The van der Waals surface area contributed by atoms with Crippen LogP contribution in [-0.4, -0.2) is 55.5 Å². The van der Waals surface area contributed by atoms with Gasteiger partial charge in [-0.1, -0.05) is 11.6 Å². The molecule has 0 bridgehead atoms. The molecule has 0 spiro atoms. The molecule has 1 aliphatic heterocycles. The number of benzene rings is 1. The van der Waals surface area contributed by atoms with Crippen LogP contribution in [0.3, 0.4) is 0 Å². The number of likely N-dealkylation sites (N-methyl/N-ethyl adjacent to an activating group) is 1. The van der Waals surface area contributed by atoms with Gasteiger partial charge in [-0.2, -0.15) is 0 Å². The predicted molar refractivity (Wildman–Crippen MR) is 88.0 cm³/mol. The number of amides is 1. The highest BCUT2D eigenvalue weighted by atomic mass is 16.2. The Morgan fingerprint density at radius 1 is 1.33 bits per heavy atom. The van der Waals surface area contributed by atoms with Crippen molar-refractivity contribution in [2.24, 2.45) is 0 Å². The fourth-order valence-electron chi connectivity index (χ4n) is 2.78. The number of carbonyl (C=O) groups is 1. The van der Waals surface area contributed by atoms with E-state index < -0.39 is 0 Å². The van der Waals surface area contributed by atoms with Gasteiger partial charge in [0.15, 0.2) is 0 Å². The minimum absolute atomic E-state index is 0.105. The SMILES string of the molecule is CCNc1ccc(C)cc1C(=O)N(C)CCN1CCCC1. The zero-order valence-electron chi connectivity index (χ0n) is 13.5. The standard InChI is InChI=1S/C17H27N3O/c1-4-18-16-8-7-14(2)13-15(16)17(21)19(3)11-12-20-9-5-6-10-20/h7-8,13,18H,4-6,9-12H2,1-3H3. The molecule has 116 valence electrons. The highest BCUT2D eigenvalue weighted by Crippen LogP contribution is 2.19. The zero-order chi connectivity index (χ0) is 15.2. The van der Waals surface area contributed by atoms with Gasteiger partial charge < -0.3 is 15.1 Å². The Bertz CT molecular complexity index is 481. The molecule has 1 saturated heterocycles. The van der Waals surface area contributed by atoms with Crippen LogP contribution in [0.2, 0.25) is 0 Å². The van der Waals surface area contributed by atoms with Gasteiger partial charge in [0, 0.05) is 32.4 Å². The molecular formula is C17H27N3O. The molecule has 0 unspecified atom stereocenters. The van der Waals surface area contributed by atoms with Crippen LogP contribution in [0.25, 0.3) is 0 Å². The second-order valence-electron chi connectivity index (χ2n) is 5.85. The molecule has 1 aliphatic rings. The Morgan fingerprint density at radius 3 is 2.71 bits per heavy atom. The van der Waals surface area contributed by atoms with Gasteiger partial charge in [0.1, 0.15) is 0 Å². The number of anilines is 1. The molecule has 0 aromatic heterocycles. The van der Waals surface area contributed by atoms with E-state index in [2.05, 4.69) is 10.2 Å². The topological polar surface area (TPSA) is 35.6 Å². The fraction of sp³-hybridized carbons (Fsp3) is 0.588. The number of likely N-dealkylation sites (tertiary alicyclic amines) is 1. The Kier molecular flexibility index (Phi) is 5.62. The summed E-state index contributed by atoms with van der Waals surface area (Å²) in [5, 5.41) is 3.28. The Balaban J connectivity index is 2.01. The fourth-order valence-corrected chi connectivity index (χ4v) is 2.78. The molecular weight excluding hydrogens is 262 g/mol.